The number of quaternary nitrogens is 1. The van der Waals surface area contributed by atoms with Crippen molar-refractivity contribution in [1.82, 2.24) is 9.97 Å². The van der Waals surface area contributed by atoms with Crippen LogP contribution in [0.1, 0.15) is 25.6 Å². The molecule has 1 aliphatic heterocycles. The maximum atomic E-state index is 13.2. The van der Waals surface area contributed by atoms with Crippen molar-refractivity contribution < 1.29 is 18.8 Å². The summed E-state index contributed by atoms with van der Waals surface area (Å²) in [5, 5.41) is 2.41. The minimum atomic E-state index is -0.312. The Hall–Kier alpha value is -2.58. The summed E-state index contributed by atoms with van der Waals surface area (Å²) in [6.45, 7) is 4.39. The number of benzene rings is 1. The monoisotopic (exact) mass is 416 g/mol. The summed E-state index contributed by atoms with van der Waals surface area (Å²) in [5.41, 5.74) is 1.36. The summed E-state index contributed by atoms with van der Waals surface area (Å²) < 4.78 is 18.4. The number of hydrogen-bond acceptors (Lipinski definition) is 5. The molecule has 1 unspecified atom stereocenters. The van der Waals surface area contributed by atoms with E-state index in [9.17, 15) is 14.0 Å². The highest BCUT2D eigenvalue weighted by molar-refractivity contribution is 7.17. The Morgan fingerprint density at radius 1 is 1.38 bits per heavy atom. The zero-order valence-electron chi connectivity index (χ0n) is 16.2. The van der Waals surface area contributed by atoms with E-state index < -0.39 is 0 Å². The molecule has 2 N–H and O–H groups in total. The first-order chi connectivity index (χ1) is 14.0. The Morgan fingerprint density at radius 3 is 2.93 bits per heavy atom. The molecule has 1 fully saturated rings. The van der Waals surface area contributed by atoms with Crippen molar-refractivity contribution in [3.63, 3.8) is 0 Å². The number of rotatable bonds is 5. The molecule has 1 saturated heterocycles. The number of piperidine rings is 1. The van der Waals surface area contributed by atoms with Gasteiger partial charge >= 0.3 is 5.97 Å². The van der Waals surface area contributed by atoms with E-state index in [-0.39, 0.29) is 23.3 Å². The number of likely N-dealkylation sites (tertiary alicyclic amines) is 1. The molecular formula is C21H23FN3O3S+. The lowest BCUT2D eigenvalue weighted by Crippen LogP contribution is -3.12. The number of halogens is 1. The molecule has 8 heteroatoms. The first-order valence-corrected chi connectivity index (χ1v) is 10.7. The Morgan fingerprint density at radius 2 is 2.17 bits per heavy atom. The highest BCUT2D eigenvalue weighted by Crippen LogP contribution is 2.30. The van der Waals surface area contributed by atoms with Gasteiger partial charge in [0, 0.05) is 10.9 Å². The van der Waals surface area contributed by atoms with Crippen molar-refractivity contribution >= 4 is 27.5 Å². The molecule has 2 atom stereocenters. The maximum absolute atomic E-state index is 13.2. The first-order valence-electron chi connectivity index (χ1n) is 9.81. The summed E-state index contributed by atoms with van der Waals surface area (Å²) in [7, 11) is 0. The van der Waals surface area contributed by atoms with Crippen LogP contribution >= 0.6 is 11.3 Å². The Balaban J connectivity index is 1.56. The average Bonchev–Trinajstić information content (AvgIpc) is 3.13. The Bertz CT molecular complexity index is 1080. The van der Waals surface area contributed by atoms with Crippen molar-refractivity contribution in [3.8, 4) is 11.1 Å². The standard InChI is InChI=1S/C21H22FN3O3S/c1-2-28-21(27)14-4-3-9-25(10-14)11-17-23-19(26)18-16(12-29-20(18)24-17)13-5-7-15(22)8-6-13/h5-8,12,14H,2-4,9-11H2,1H3,(H,23,24,26)/p+1/t14-/m1/s1. The number of nitrogens with zero attached hydrogens (tertiary/aromatic N) is 1. The third-order valence-corrected chi connectivity index (χ3v) is 6.18. The van der Waals surface area contributed by atoms with Gasteiger partial charge in [-0.3, -0.25) is 9.59 Å². The van der Waals surface area contributed by atoms with E-state index in [0.29, 0.717) is 35.7 Å². The average molecular weight is 416 g/mol. The maximum Gasteiger partial charge on any atom is 0.314 e. The molecule has 0 spiro atoms. The largest absolute Gasteiger partial charge is 0.466 e. The number of carbonyl (C=O) groups excluding carboxylic acids is 1. The van der Waals surface area contributed by atoms with Crippen LogP contribution < -0.4 is 10.5 Å². The number of esters is 1. The number of thiophene rings is 1. The molecule has 0 bridgehead atoms. The van der Waals surface area contributed by atoms with Crippen LogP contribution in [0, 0.1) is 11.7 Å². The lowest BCUT2D eigenvalue weighted by atomic mass is 9.98. The summed E-state index contributed by atoms with van der Waals surface area (Å²) in [5.74, 6) is 0.0764. The molecule has 1 aliphatic rings. The van der Waals surface area contributed by atoms with Crippen molar-refractivity contribution in [2.24, 2.45) is 5.92 Å². The van der Waals surface area contributed by atoms with Crippen LogP contribution in [0.25, 0.3) is 21.3 Å². The molecule has 3 aromatic rings. The zero-order valence-corrected chi connectivity index (χ0v) is 17.0. The van der Waals surface area contributed by atoms with Gasteiger partial charge in [0.25, 0.3) is 5.56 Å². The van der Waals surface area contributed by atoms with Crippen LogP contribution in [0.5, 0.6) is 0 Å². The van der Waals surface area contributed by atoms with Gasteiger partial charge in [-0.2, -0.15) is 0 Å². The fourth-order valence-electron chi connectivity index (χ4n) is 3.93. The summed E-state index contributed by atoms with van der Waals surface area (Å²) in [6.07, 6.45) is 1.79. The highest BCUT2D eigenvalue weighted by Gasteiger charge is 2.30. The summed E-state index contributed by atoms with van der Waals surface area (Å²) in [4.78, 5) is 34.3. The van der Waals surface area contributed by atoms with Gasteiger partial charge in [-0.05, 0) is 37.5 Å². The Labute approximate surface area is 171 Å². The molecule has 3 heterocycles. The van der Waals surface area contributed by atoms with E-state index in [1.807, 2.05) is 12.3 Å². The van der Waals surface area contributed by atoms with E-state index in [1.54, 1.807) is 12.1 Å². The van der Waals surface area contributed by atoms with Gasteiger partial charge in [0.1, 0.15) is 23.1 Å². The molecule has 152 valence electrons. The van der Waals surface area contributed by atoms with E-state index in [4.69, 9.17) is 4.74 Å². The van der Waals surface area contributed by atoms with Gasteiger partial charge in [0.05, 0.1) is 25.1 Å². The van der Waals surface area contributed by atoms with E-state index >= 15 is 0 Å². The number of nitrogens with one attached hydrogen (secondary N) is 2. The normalized spacial score (nSPS) is 19.4. The van der Waals surface area contributed by atoms with Crippen molar-refractivity contribution in [2.45, 2.75) is 26.3 Å². The van der Waals surface area contributed by atoms with Crippen LogP contribution in [0.15, 0.2) is 34.4 Å². The fraction of sp³-hybridized carbons (Fsp3) is 0.381. The van der Waals surface area contributed by atoms with Crippen LogP contribution in [-0.4, -0.2) is 35.6 Å². The third kappa shape index (κ3) is 4.23. The molecule has 4 rings (SSSR count). The highest BCUT2D eigenvalue weighted by atomic mass is 32.1. The lowest BCUT2D eigenvalue weighted by Gasteiger charge is -2.28. The van der Waals surface area contributed by atoms with Gasteiger partial charge in [-0.1, -0.05) is 12.1 Å². The smallest absolute Gasteiger partial charge is 0.314 e. The van der Waals surface area contributed by atoms with Gasteiger partial charge in [0.15, 0.2) is 5.82 Å². The number of hydrogen-bond donors (Lipinski definition) is 2. The predicted molar refractivity (Wildman–Crippen MR) is 109 cm³/mol. The topological polar surface area (TPSA) is 76.5 Å². The van der Waals surface area contributed by atoms with Gasteiger partial charge in [0.2, 0.25) is 0 Å². The van der Waals surface area contributed by atoms with E-state index in [2.05, 4.69) is 9.97 Å². The van der Waals surface area contributed by atoms with Crippen molar-refractivity contribution in [1.29, 1.82) is 0 Å². The minimum Gasteiger partial charge on any atom is -0.466 e. The molecule has 2 aromatic heterocycles. The number of ether oxygens (including phenoxy) is 1. The lowest BCUT2D eigenvalue weighted by molar-refractivity contribution is -0.921. The number of fused-ring (bicyclic) bond motifs is 1. The second-order valence-electron chi connectivity index (χ2n) is 7.32. The van der Waals surface area contributed by atoms with Gasteiger partial charge < -0.3 is 14.6 Å². The molecule has 0 radical (unpaired) electrons. The molecule has 29 heavy (non-hydrogen) atoms. The molecule has 0 amide bonds. The molecular weight excluding hydrogens is 393 g/mol. The number of carbonyl (C=O) groups is 1. The van der Waals surface area contributed by atoms with Crippen molar-refractivity contribution in [3.05, 3.63) is 51.6 Å². The van der Waals surface area contributed by atoms with Crippen LogP contribution in [0.3, 0.4) is 0 Å². The van der Waals surface area contributed by atoms with E-state index in [0.717, 1.165) is 30.5 Å². The van der Waals surface area contributed by atoms with Gasteiger partial charge in [-0.15, -0.1) is 11.3 Å². The zero-order chi connectivity index (χ0) is 20.4. The van der Waals surface area contributed by atoms with Crippen molar-refractivity contribution in [2.75, 3.05) is 19.7 Å². The molecule has 0 aliphatic carbocycles. The van der Waals surface area contributed by atoms with Crippen LogP contribution in [0.4, 0.5) is 4.39 Å². The second-order valence-corrected chi connectivity index (χ2v) is 8.18. The second kappa shape index (κ2) is 8.42. The SMILES string of the molecule is CCOC(=O)[C@@H]1CCC[NH+](Cc2nc3scc(-c4ccc(F)cc4)c3c(=O)[nH]2)C1. The van der Waals surface area contributed by atoms with Crippen LogP contribution in [-0.2, 0) is 16.1 Å². The first kappa shape index (κ1) is 19.7. The number of aromatic amines is 1. The third-order valence-electron chi connectivity index (χ3n) is 5.30. The van der Waals surface area contributed by atoms with Gasteiger partial charge in [-0.25, -0.2) is 9.37 Å². The van der Waals surface area contributed by atoms with Crippen LogP contribution in [0.2, 0.25) is 0 Å². The molecule has 6 nitrogen and oxygen atoms in total. The number of aromatic nitrogens is 2. The predicted octanol–water partition coefficient (Wildman–Crippen LogP) is 2.15. The van der Waals surface area contributed by atoms with E-state index in [1.165, 1.54) is 28.4 Å². The molecule has 1 aromatic carbocycles. The summed E-state index contributed by atoms with van der Waals surface area (Å²) in [6, 6.07) is 6.10. The number of H-pyrrole nitrogens is 1. The minimum absolute atomic E-state index is 0.0963. The fourth-order valence-corrected chi connectivity index (χ4v) is 4.90. The Kier molecular flexibility index (Phi) is 5.73. The quantitative estimate of drug-likeness (QED) is 0.625. The molecule has 0 saturated carbocycles. The summed E-state index contributed by atoms with van der Waals surface area (Å²) >= 11 is 1.41.